The number of nitrogens with one attached hydrogen (secondary N) is 1. The highest BCUT2D eigenvalue weighted by Crippen LogP contribution is 2.26. The molecule has 0 unspecified atom stereocenters. The van der Waals surface area contributed by atoms with Gasteiger partial charge in [0.05, 0.1) is 10.5 Å². The van der Waals surface area contributed by atoms with Crippen LogP contribution >= 0.6 is 0 Å². The Morgan fingerprint density at radius 1 is 1.26 bits per heavy atom. The Morgan fingerprint density at radius 3 is 2.58 bits per heavy atom. The van der Waals surface area contributed by atoms with Crippen LogP contribution in [0.2, 0.25) is 0 Å². The molecule has 0 aliphatic heterocycles. The van der Waals surface area contributed by atoms with Crippen molar-refractivity contribution in [3.63, 3.8) is 0 Å². The number of amides is 1. The van der Waals surface area contributed by atoms with Crippen molar-refractivity contribution in [2.45, 2.75) is 11.8 Å². The van der Waals surface area contributed by atoms with Gasteiger partial charge in [0.25, 0.3) is 5.89 Å². The van der Waals surface area contributed by atoms with Gasteiger partial charge in [-0.25, -0.2) is 8.42 Å². The Morgan fingerprint density at radius 2 is 1.95 bits per heavy atom. The number of sulfone groups is 1. The second-order valence-electron chi connectivity index (χ2n) is 3.86. The number of benzene rings is 1. The van der Waals surface area contributed by atoms with Crippen molar-refractivity contribution in [1.82, 2.24) is 10.2 Å². The van der Waals surface area contributed by atoms with Gasteiger partial charge in [-0.2, -0.15) is 0 Å². The predicted octanol–water partition coefficient (Wildman–Crippen LogP) is 1.10. The number of carbonyl (C=O) groups is 1. The van der Waals surface area contributed by atoms with Crippen LogP contribution in [0.1, 0.15) is 6.92 Å². The van der Waals surface area contributed by atoms with Crippen molar-refractivity contribution in [3.05, 3.63) is 24.3 Å². The Kier molecular flexibility index (Phi) is 3.34. The fourth-order valence-corrected chi connectivity index (χ4v) is 2.38. The molecular weight excluding hydrogens is 270 g/mol. The van der Waals surface area contributed by atoms with Gasteiger partial charge in [0.2, 0.25) is 5.91 Å². The van der Waals surface area contributed by atoms with E-state index in [-0.39, 0.29) is 22.7 Å². The van der Waals surface area contributed by atoms with Crippen LogP contribution in [-0.4, -0.2) is 30.8 Å². The molecule has 0 saturated carbocycles. The van der Waals surface area contributed by atoms with Crippen LogP contribution in [-0.2, 0) is 14.6 Å². The van der Waals surface area contributed by atoms with Crippen LogP contribution in [0.5, 0.6) is 0 Å². The van der Waals surface area contributed by atoms with E-state index in [0.29, 0.717) is 5.56 Å². The molecule has 0 aliphatic carbocycles. The normalized spacial score (nSPS) is 11.3. The molecule has 0 bridgehead atoms. The first-order valence-electron chi connectivity index (χ1n) is 5.28. The minimum atomic E-state index is -3.41. The molecule has 2 rings (SSSR count). The van der Waals surface area contributed by atoms with E-state index in [1.54, 1.807) is 18.2 Å². The zero-order chi connectivity index (χ0) is 14.0. The molecule has 1 heterocycles. The molecule has 0 radical (unpaired) electrons. The SMILES string of the molecule is CC(=O)Nc1nnc(-c2ccccc2S(C)(=O)=O)o1. The first kappa shape index (κ1) is 13.2. The van der Waals surface area contributed by atoms with Crippen LogP contribution < -0.4 is 5.32 Å². The van der Waals surface area contributed by atoms with Gasteiger partial charge in [-0.15, -0.1) is 5.10 Å². The van der Waals surface area contributed by atoms with E-state index >= 15 is 0 Å². The van der Waals surface area contributed by atoms with Crippen LogP contribution in [0.3, 0.4) is 0 Å². The van der Waals surface area contributed by atoms with Gasteiger partial charge < -0.3 is 4.42 Å². The summed E-state index contributed by atoms with van der Waals surface area (Å²) in [7, 11) is -3.41. The molecule has 0 spiro atoms. The van der Waals surface area contributed by atoms with Crippen molar-refractivity contribution in [1.29, 1.82) is 0 Å². The van der Waals surface area contributed by atoms with Gasteiger partial charge in [0.1, 0.15) is 0 Å². The van der Waals surface area contributed by atoms with Crippen molar-refractivity contribution >= 4 is 21.8 Å². The zero-order valence-corrected chi connectivity index (χ0v) is 11.1. The summed E-state index contributed by atoms with van der Waals surface area (Å²) in [6.07, 6.45) is 1.09. The average molecular weight is 281 g/mol. The number of hydrogen-bond donors (Lipinski definition) is 1. The van der Waals surface area contributed by atoms with E-state index in [0.717, 1.165) is 6.26 Å². The number of rotatable bonds is 3. The Balaban J connectivity index is 2.48. The molecule has 8 heteroatoms. The summed E-state index contributed by atoms with van der Waals surface area (Å²) in [4.78, 5) is 10.9. The van der Waals surface area contributed by atoms with Crippen LogP contribution in [0.25, 0.3) is 11.5 Å². The van der Waals surface area contributed by atoms with E-state index in [4.69, 9.17) is 4.42 Å². The summed E-state index contributed by atoms with van der Waals surface area (Å²) in [6.45, 7) is 1.30. The number of anilines is 1. The van der Waals surface area contributed by atoms with E-state index in [1.165, 1.54) is 13.0 Å². The maximum Gasteiger partial charge on any atom is 0.322 e. The number of nitrogens with zero attached hydrogens (tertiary/aromatic N) is 2. The summed E-state index contributed by atoms with van der Waals surface area (Å²) in [5.74, 6) is -0.323. The summed E-state index contributed by atoms with van der Waals surface area (Å²) >= 11 is 0. The van der Waals surface area contributed by atoms with Crippen LogP contribution in [0, 0.1) is 0 Å². The largest absolute Gasteiger partial charge is 0.403 e. The minimum absolute atomic E-state index is 0.0322. The van der Waals surface area contributed by atoms with E-state index in [1.807, 2.05) is 0 Å². The Bertz CT molecular complexity index is 721. The molecule has 1 aromatic carbocycles. The third-order valence-corrected chi connectivity index (χ3v) is 3.38. The standard InChI is InChI=1S/C11H11N3O4S/c1-7(15)12-11-14-13-10(18-11)8-5-3-4-6-9(8)19(2,16)17/h3-6H,1-2H3,(H,12,14,15). The molecule has 1 aromatic heterocycles. The maximum absolute atomic E-state index is 11.7. The highest BCUT2D eigenvalue weighted by atomic mass is 32.2. The molecule has 0 fully saturated rings. The number of carbonyl (C=O) groups excluding carboxylic acids is 1. The van der Waals surface area contributed by atoms with E-state index in [2.05, 4.69) is 15.5 Å². The lowest BCUT2D eigenvalue weighted by atomic mass is 10.2. The second-order valence-corrected chi connectivity index (χ2v) is 5.85. The molecule has 1 amide bonds. The number of hydrogen-bond acceptors (Lipinski definition) is 6. The smallest absolute Gasteiger partial charge is 0.322 e. The van der Waals surface area contributed by atoms with Gasteiger partial charge in [-0.3, -0.25) is 10.1 Å². The fraction of sp³-hybridized carbons (Fsp3) is 0.182. The molecule has 0 atom stereocenters. The van der Waals surface area contributed by atoms with E-state index in [9.17, 15) is 13.2 Å². The maximum atomic E-state index is 11.7. The Hall–Kier alpha value is -2.22. The quantitative estimate of drug-likeness (QED) is 0.903. The van der Waals surface area contributed by atoms with Crippen molar-refractivity contribution in [2.75, 3.05) is 11.6 Å². The van der Waals surface area contributed by atoms with Crippen LogP contribution in [0.15, 0.2) is 33.6 Å². The lowest BCUT2D eigenvalue weighted by molar-refractivity contribution is -0.114. The van der Waals surface area contributed by atoms with Gasteiger partial charge in [-0.1, -0.05) is 17.2 Å². The number of aromatic nitrogens is 2. The second kappa shape index (κ2) is 4.81. The first-order valence-corrected chi connectivity index (χ1v) is 7.17. The molecule has 100 valence electrons. The monoisotopic (exact) mass is 281 g/mol. The van der Waals surface area contributed by atoms with Crippen LogP contribution in [0.4, 0.5) is 6.01 Å². The van der Waals surface area contributed by atoms with Gasteiger partial charge in [0, 0.05) is 13.2 Å². The molecule has 19 heavy (non-hydrogen) atoms. The molecule has 0 saturated heterocycles. The van der Waals surface area contributed by atoms with E-state index < -0.39 is 9.84 Å². The molecule has 2 aromatic rings. The van der Waals surface area contributed by atoms with Crippen molar-refractivity contribution in [3.8, 4) is 11.5 Å². The van der Waals surface area contributed by atoms with Gasteiger partial charge in [0.15, 0.2) is 9.84 Å². The predicted molar refractivity (Wildman–Crippen MR) is 67.1 cm³/mol. The van der Waals surface area contributed by atoms with Gasteiger partial charge in [-0.05, 0) is 12.1 Å². The summed E-state index contributed by atoms with van der Waals surface area (Å²) < 4.78 is 28.5. The third kappa shape index (κ3) is 2.97. The lowest BCUT2D eigenvalue weighted by Crippen LogP contribution is -2.05. The third-order valence-electron chi connectivity index (χ3n) is 2.22. The molecule has 7 nitrogen and oxygen atoms in total. The van der Waals surface area contributed by atoms with Crippen molar-refractivity contribution < 1.29 is 17.6 Å². The average Bonchev–Trinajstić information content (AvgIpc) is 2.75. The highest BCUT2D eigenvalue weighted by molar-refractivity contribution is 7.90. The summed E-state index contributed by atoms with van der Waals surface area (Å²) in [6, 6.07) is 6.19. The lowest BCUT2D eigenvalue weighted by Gasteiger charge is -2.02. The molecule has 1 N–H and O–H groups in total. The zero-order valence-electron chi connectivity index (χ0n) is 10.2. The minimum Gasteiger partial charge on any atom is -0.403 e. The fourth-order valence-electron chi connectivity index (χ4n) is 1.50. The molecule has 0 aliphatic rings. The summed E-state index contributed by atoms with van der Waals surface area (Å²) in [5, 5.41) is 9.65. The summed E-state index contributed by atoms with van der Waals surface area (Å²) in [5.41, 5.74) is 0.300. The molecular formula is C11H11N3O4S. The van der Waals surface area contributed by atoms with Gasteiger partial charge >= 0.3 is 6.01 Å². The highest BCUT2D eigenvalue weighted by Gasteiger charge is 2.18. The Labute approximate surface area is 109 Å². The topological polar surface area (TPSA) is 102 Å². The first-order chi connectivity index (χ1) is 8.88. The van der Waals surface area contributed by atoms with Crippen molar-refractivity contribution in [2.24, 2.45) is 0 Å².